The fraction of sp³-hybridized carbons (Fsp3) is 0.680. The Kier molecular flexibility index (Phi) is 7.70. The number of rotatable bonds is 10. The number of nitriles is 1. The molecule has 28 heavy (non-hydrogen) atoms. The smallest absolute Gasteiger partial charge is 0.227 e. The third-order valence-electron chi connectivity index (χ3n) is 6.03. The van der Waals surface area contributed by atoms with Gasteiger partial charge in [0.1, 0.15) is 0 Å². The SMILES string of the molecule is CCCCCCCCCC(=O)N1CC(C)(CC(C)(C)C#N)c2cc(C)ccc21. The van der Waals surface area contributed by atoms with Crippen molar-refractivity contribution in [3.8, 4) is 6.07 Å². The summed E-state index contributed by atoms with van der Waals surface area (Å²) in [6.07, 6.45) is 9.93. The molecule has 1 atom stereocenters. The van der Waals surface area contributed by atoms with Gasteiger partial charge in [-0.3, -0.25) is 4.79 Å². The number of hydrogen-bond acceptors (Lipinski definition) is 2. The van der Waals surface area contributed by atoms with E-state index in [2.05, 4.69) is 45.0 Å². The van der Waals surface area contributed by atoms with E-state index < -0.39 is 5.41 Å². The van der Waals surface area contributed by atoms with Crippen LogP contribution in [0.2, 0.25) is 0 Å². The summed E-state index contributed by atoms with van der Waals surface area (Å²) in [5.74, 6) is 0.233. The van der Waals surface area contributed by atoms with E-state index in [9.17, 15) is 10.1 Å². The minimum atomic E-state index is -0.409. The van der Waals surface area contributed by atoms with Crippen LogP contribution in [-0.2, 0) is 10.2 Å². The number of benzene rings is 1. The average Bonchev–Trinajstić information content (AvgIpc) is 2.92. The fourth-order valence-electron chi connectivity index (χ4n) is 4.64. The summed E-state index contributed by atoms with van der Waals surface area (Å²) in [5.41, 5.74) is 2.91. The Balaban J connectivity index is 2.04. The average molecular weight is 383 g/mol. The number of aryl methyl sites for hydroxylation is 1. The van der Waals surface area contributed by atoms with E-state index in [1.165, 1.54) is 43.2 Å². The van der Waals surface area contributed by atoms with Crippen molar-refractivity contribution in [2.75, 3.05) is 11.4 Å². The molecule has 0 radical (unpaired) electrons. The van der Waals surface area contributed by atoms with Crippen LogP contribution in [0, 0.1) is 23.7 Å². The quantitative estimate of drug-likeness (QED) is 0.424. The summed E-state index contributed by atoms with van der Waals surface area (Å²) in [5, 5.41) is 9.54. The molecule has 1 unspecified atom stereocenters. The molecule has 1 heterocycles. The lowest BCUT2D eigenvalue weighted by atomic mass is 9.71. The van der Waals surface area contributed by atoms with Crippen molar-refractivity contribution < 1.29 is 4.79 Å². The second kappa shape index (κ2) is 9.59. The van der Waals surface area contributed by atoms with Crippen molar-refractivity contribution in [2.24, 2.45) is 5.41 Å². The molecule has 0 N–H and O–H groups in total. The van der Waals surface area contributed by atoms with Crippen LogP contribution >= 0.6 is 0 Å². The number of carbonyl (C=O) groups excluding carboxylic acids is 1. The van der Waals surface area contributed by atoms with Crippen LogP contribution in [0.25, 0.3) is 0 Å². The van der Waals surface area contributed by atoms with Crippen LogP contribution in [0.15, 0.2) is 18.2 Å². The van der Waals surface area contributed by atoms with Gasteiger partial charge in [0.15, 0.2) is 0 Å². The molecule has 0 spiro atoms. The zero-order valence-electron chi connectivity index (χ0n) is 18.6. The maximum atomic E-state index is 13.0. The van der Waals surface area contributed by atoms with Gasteiger partial charge >= 0.3 is 0 Å². The first-order valence-electron chi connectivity index (χ1n) is 11.1. The highest BCUT2D eigenvalue weighted by Crippen LogP contribution is 2.47. The highest BCUT2D eigenvalue weighted by atomic mass is 16.2. The van der Waals surface area contributed by atoms with Gasteiger partial charge in [0.2, 0.25) is 5.91 Å². The topological polar surface area (TPSA) is 44.1 Å². The van der Waals surface area contributed by atoms with Gasteiger partial charge in [-0.05, 0) is 45.2 Å². The molecular weight excluding hydrogens is 344 g/mol. The fourth-order valence-corrected chi connectivity index (χ4v) is 4.64. The van der Waals surface area contributed by atoms with Gasteiger partial charge in [-0.15, -0.1) is 0 Å². The van der Waals surface area contributed by atoms with Crippen molar-refractivity contribution in [3.63, 3.8) is 0 Å². The molecule has 0 bridgehead atoms. The first-order valence-corrected chi connectivity index (χ1v) is 11.1. The van der Waals surface area contributed by atoms with Gasteiger partial charge in [-0.2, -0.15) is 5.26 Å². The van der Waals surface area contributed by atoms with Crippen molar-refractivity contribution in [2.45, 2.75) is 97.8 Å². The second-order valence-electron chi connectivity index (χ2n) is 9.60. The first kappa shape index (κ1) is 22.5. The minimum absolute atomic E-state index is 0.170. The second-order valence-corrected chi connectivity index (χ2v) is 9.60. The molecule has 0 aliphatic carbocycles. The lowest BCUT2D eigenvalue weighted by Crippen LogP contribution is -2.37. The van der Waals surface area contributed by atoms with Gasteiger partial charge in [0.05, 0.1) is 11.5 Å². The highest BCUT2D eigenvalue weighted by Gasteiger charge is 2.44. The number of carbonyl (C=O) groups is 1. The van der Waals surface area contributed by atoms with Gasteiger partial charge in [-0.25, -0.2) is 0 Å². The lowest BCUT2D eigenvalue weighted by molar-refractivity contribution is -0.118. The highest BCUT2D eigenvalue weighted by molar-refractivity contribution is 5.96. The summed E-state index contributed by atoms with van der Waals surface area (Å²) in [6.45, 7) is 11.2. The Morgan fingerprint density at radius 3 is 2.46 bits per heavy atom. The maximum Gasteiger partial charge on any atom is 0.227 e. The predicted octanol–water partition coefficient (Wildman–Crippen LogP) is 6.68. The molecule has 1 aromatic rings. The summed E-state index contributed by atoms with van der Waals surface area (Å²) in [4.78, 5) is 15.0. The number of nitrogens with zero attached hydrogens (tertiary/aromatic N) is 2. The van der Waals surface area contributed by atoms with Crippen LogP contribution in [0.3, 0.4) is 0 Å². The zero-order chi connectivity index (χ0) is 20.8. The third kappa shape index (κ3) is 5.60. The van der Waals surface area contributed by atoms with E-state index in [1.54, 1.807) is 0 Å². The predicted molar refractivity (Wildman–Crippen MR) is 118 cm³/mol. The summed E-state index contributed by atoms with van der Waals surface area (Å²) in [6, 6.07) is 8.84. The van der Waals surface area contributed by atoms with Crippen molar-refractivity contribution in [1.82, 2.24) is 0 Å². The zero-order valence-corrected chi connectivity index (χ0v) is 18.6. The van der Waals surface area contributed by atoms with Crippen LogP contribution in [0.1, 0.15) is 96.6 Å². The molecule has 1 amide bonds. The standard InChI is InChI=1S/C25H38N2O/c1-6-7-8-9-10-11-12-13-23(28)27-19-25(5,17-24(3,4)18-26)21-16-20(2)14-15-22(21)27/h14-16H,6-13,17,19H2,1-5H3. The van der Waals surface area contributed by atoms with Crippen LogP contribution in [0.4, 0.5) is 5.69 Å². The molecule has 2 rings (SSSR count). The molecule has 3 heteroatoms. The number of unbranched alkanes of at least 4 members (excludes halogenated alkanes) is 6. The van der Waals surface area contributed by atoms with Crippen molar-refractivity contribution in [3.05, 3.63) is 29.3 Å². The number of anilines is 1. The number of amides is 1. The molecule has 0 fully saturated rings. The first-order chi connectivity index (χ1) is 13.2. The molecule has 0 aromatic heterocycles. The largest absolute Gasteiger partial charge is 0.311 e. The maximum absolute atomic E-state index is 13.0. The normalized spacial score (nSPS) is 18.8. The van der Waals surface area contributed by atoms with E-state index in [0.29, 0.717) is 13.0 Å². The van der Waals surface area contributed by atoms with E-state index in [0.717, 1.165) is 24.9 Å². The van der Waals surface area contributed by atoms with Gasteiger partial charge in [-0.1, -0.05) is 70.1 Å². The third-order valence-corrected chi connectivity index (χ3v) is 6.03. The summed E-state index contributed by atoms with van der Waals surface area (Å²) in [7, 11) is 0. The molecule has 0 saturated carbocycles. The number of hydrogen-bond donors (Lipinski definition) is 0. The Morgan fingerprint density at radius 2 is 1.82 bits per heavy atom. The van der Waals surface area contributed by atoms with Crippen LogP contribution in [0.5, 0.6) is 0 Å². The molecule has 1 aliphatic rings. The van der Waals surface area contributed by atoms with Crippen molar-refractivity contribution in [1.29, 1.82) is 5.26 Å². The van der Waals surface area contributed by atoms with Gasteiger partial charge < -0.3 is 4.90 Å². The summed E-state index contributed by atoms with van der Waals surface area (Å²) >= 11 is 0. The number of fused-ring (bicyclic) bond motifs is 1. The lowest BCUT2D eigenvalue weighted by Gasteiger charge is -2.31. The molecule has 3 nitrogen and oxygen atoms in total. The molecule has 1 aliphatic heterocycles. The monoisotopic (exact) mass is 382 g/mol. The molecular formula is C25H38N2O. The van der Waals surface area contributed by atoms with Gasteiger partial charge in [0, 0.05) is 24.1 Å². The molecule has 0 saturated heterocycles. The Morgan fingerprint density at radius 1 is 1.18 bits per heavy atom. The molecule has 154 valence electrons. The Labute approximate surface area is 172 Å². The van der Waals surface area contributed by atoms with E-state index >= 15 is 0 Å². The Bertz CT molecular complexity index is 716. The molecule has 1 aromatic carbocycles. The van der Waals surface area contributed by atoms with E-state index in [1.807, 2.05) is 18.7 Å². The van der Waals surface area contributed by atoms with Gasteiger partial charge in [0.25, 0.3) is 0 Å². The minimum Gasteiger partial charge on any atom is -0.311 e. The van der Waals surface area contributed by atoms with Crippen LogP contribution in [-0.4, -0.2) is 12.5 Å². The Hall–Kier alpha value is -1.82. The van der Waals surface area contributed by atoms with Crippen molar-refractivity contribution >= 4 is 11.6 Å². The van der Waals surface area contributed by atoms with E-state index in [4.69, 9.17) is 0 Å². The van der Waals surface area contributed by atoms with E-state index in [-0.39, 0.29) is 11.3 Å². The summed E-state index contributed by atoms with van der Waals surface area (Å²) < 4.78 is 0. The van der Waals surface area contributed by atoms with Crippen LogP contribution < -0.4 is 4.90 Å².